The van der Waals surface area contributed by atoms with E-state index in [0.717, 1.165) is 18.4 Å². The van der Waals surface area contributed by atoms with Crippen LogP contribution in [0.3, 0.4) is 0 Å². The normalized spacial score (nSPS) is 13.2. The monoisotopic (exact) mass is 278 g/mol. The predicted molar refractivity (Wildman–Crippen MR) is 82.2 cm³/mol. The van der Waals surface area contributed by atoms with E-state index in [4.69, 9.17) is 9.47 Å². The number of benzene rings is 1. The van der Waals surface area contributed by atoms with E-state index in [0.29, 0.717) is 19.3 Å². The molecule has 1 N–H and O–H groups in total. The lowest BCUT2D eigenvalue weighted by molar-refractivity contribution is -0.0390. The van der Waals surface area contributed by atoms with Gasteiger partial charge in [0.25, 0.3) is 0 Å². The lowest BCUT2D eigenvalue weighted by Crippen LogP contribution is -2.13. The smallest absolute Gasteiger partial charge is 0.146 e. The van der Waals surface area contributed by atoms with Crippen LogP contribution in [0.5, 0.6) is 0 Å². The van der Waals surface area contributed by atoms with Gasteiger partial charge in [0.15, 0.2) is 0 Å². The zero-order valence-electron chi connectivity index (χ0n) is 12.7. The number of rotatable bonds is 9. The van der Waals surface area contributed by atoms with Crippen molar-refractivity contribution in [3.05, 3.63) is 41.5 Å². The first-order chi connectivity index (χ1) is 9.63. The van der Waals surface area contributed by atoms with Crippen molar-refractivity contribution >= 4 is 6.08 Å². The summed E-state index contributed by atoms with van der Waals surface area (Å²) in [5.41, 5.74) is 2.30. The molecule has 0 aliphatic carbocycles. The molecule has 112 valence electrons. The molecule has 0 fully saturated rings. The Balaban J connectivity index is 2.33. The van der Waals surface area contributed by atoms with Crippen LogP contribution in [0.15, 0.2) is 30.3 Å². The standard InChI is InChI=1S/C17H26O3/c1-14(2)17(18)7-5-4-6-15-8-10-16(11-9-15)12-20-13-19-3/h4,6,8-11,14,17-18H,5,7,12-13H2,1-3H3/b6-4+. The van der Waals surface area contributed by atoms with Gasteiger partial charge < -0.3 is 14.6 Å². The molecular weight excluding hydrogens is 252 g/mol. The summed E-state index contributed by atoms with van der Waals surface area (Å²) in [5.74, 6) is 0.329. The fourth-order valence-electron chi connectivity index (χ4n) is 1.79. The van der Waals surface area contributed by atoms with Crippen LogP contribution in [0.1, 0.15) is 37.8 Å². The molecule has 20 heavy (non-hydrogen) atoms. The van der Waals surface area contributed by atoms with Crippen molar-refractivity contribution in [2.75, 3.05) is 13.9 Å². The summed E-state index contributed by atoms with van der Waals surface area (Å²) in [6.07, 6.45) is 5.71. The van der Waals surface area contributed by atoms with E-state index in [9.17, 15) is 5.11 Å². The van der Waals surface area contributed by atoms with Gasteiger partial charge in [0.1, 0.15) is 6.79 Å². The summed E-state index contributed by atoms with van der Waals surface area (Å²) < 4.78 is 10.1. The van der Waals surface area contributed by atoms with E-state index in [2.05, 4.69) is 36.4 Å². The third-order valence-electron chi connectivity index (χ3n) is 3.16. The summed E-state index contributed by atoms with van der Waals surface area (Å²) in [4.78, 5) is 0. The summed E-state index contributed by atoms with van der Waals surface area (Å²) in [7, 11) is 1.62. The Morgan fingerprint density at radius 2 is 1.90 bits per heavy atom. The van der Waals surface area contributed by atoms with Crippen molar-refractivity contribution in [2.24, 2.45) is 5.92 Å². The van der Waals surface area contributed by atoms with Crippen molar-refractivity contribution < 1.29 is 14.6 Å². The largest absolute Gasteiger partial charge is 0.393 e. The molecule has 0 saturated heterocycles. The van der Waals surface area contributed by atoms with Crippen LogP contribution in [0.25, 0.3) is 6.08 Å². The number of aliphatic hydroxyl groups excluding tert-OH is 1. The quantitative estimate of drug-likeness (QED) is 0.554. The van der Waals surface area contributed by atoms with Crippen molar-refractivity contribution in [3.63, 3.8) is 0 Å². The third kappa shape index (κ3) is 6.85. The Bertz CT molecular complexity index is 382. The Morgan fingerprint density at radius 1 is 1.20 bits per heavy atom. The fourth-order valence-corrected chi connectivity index (χ4v) is 1.79. The second-order valence-electron chi connectivity index (χ2n) is 5.29. The molecule has 1 aromatic rings. The minimum atomic E-state index is -0.208. The second kappa shape index (κ2) is 9.70. The maximum Gasteiger partial charge on any atom is 0.146 e. The van der Waals surface area contributed by atoms with Crippen LogP contribution < -0.4 is 0 Å². The molecule has 0 heterocycles. The molecule has 1 aromatic carbocycles. The van der Waals surface area contributed by atoms with E-state index in [-0.39, 0.29) is 6.10 Å². The average Bonchev–Trinajstić information content (AvgIpc) is 2.45. The van der Waals surface area contributed by atoms with Gasteiger partial charge in [-0.15, -0.1) is 0 Å². The van der Waals surface area contributed by atoms with Gasteiger partial charge in [-0.3, -0.25) is 0 Å². The van der Waals surface area contributed by atoms with Gasteiger partial charge in [-0.2, -0.15) is 0 Å². The van der Waals surface area contributed by atoms with E-state index in [1.807, 2.05) is 13.8 Å². The Kier molecular flexibility index (Phi) is 8.19. The number of ether oxygens (including phenoxy) is 2. The number of hydrogen-bond acceptors (Lipinski definition) is 3. The first-order valence-corrected chi connectivity index (χ1v) is 7.13. The highest BCUT2D eigenvalue weighted by Crippen LogP contribution is 2.11. The van der Waals surface area contributed by atoms with Gasteiger partial charge in [0.05, 0.1) is 12.7 Å². The van der Waals surface area contributed by atoms with E-state index >= 15 is 0 Å². The molecule has 0 saturated carbocycles. The van der Waals surface area contributed by atoms with Gasteiger partial charge in [0.2, 0.25) is 0 Å². The van der Waals surface area contributed by atoms with Crippen molar-refractivity contribution in [2.45, 2.75) is 39.4 Å². The van der Waals surface area contributed by atoms with Crippen LogP contribution >= 0.6 is 0 Å². The highest BCUT2D eigenvalue weighted by Gasteiger charge is 2.06. The van der Waals surface area contributed by atoms with E-state index in [1.165, 1.54) is 5.56 Å². The lowest BCUT2D eigenvalue weighted by atomic mass is 10.0. The summed E-state index contributed by atoms with van der Waals surface area (Å²) >= 11 is 0. The molecule has 0 aromatic heterocycles. The first kappa shape index (κ1) is 16.9. The molecular formula is C17H26O3. The van der Waals surface area contributed by atoms with Crippen LogP contribution in [-0.4, -0.2) is 25.1 Å². The van der Waals surface area contributed by atoms with Crippen LogP contribution in [0.4, 0.5) is 0 Å². The summed E-state index contributed by atoms with van der Waals surface area (Å²) in [6, 6.07) is 8.25. The van der Waals surface area contributed by atoms with Crippen LogP contribution in [0.2, 0.25) is 0 Å². The highest BCUT2D eigenvalue weighted by atomic mass is 16.7. The molecule has 3 heteroatoms. The SMILES string of the molecule is COCOCc1ccc(/C=C/CCC(O)C(C)C)cc1. The van der Waals surface area contributed by atoms with Crippen molar-refractivity contribution in [1.29, 1.82) is 0 Å². The molecule has 0 aliphatic rings. The van der Waals surface area contributed by atoms with Gasteiger partial charge in [-0.25, -0.2) is 0 Å². The Morgan fingerprint density at radius 3 is 2.50 bits per heavy atom. The Hall–Kier alpha value is -1.16. The first-order valence-electron chi connectivity index (χ1n) is 7.13. The topological polar surface area (TPSA) is 38.7 Å². The molecule has 0 bridgehead atoms. The maximum atomic E-state index is 9.70. The minimum absolute atomic E-state index is 0.208. The molecule has 0 amide bonds. The average molecular weight is 278 g/mol. The number of hydrogen-bond donors (Lipinski definition) is 1. The fraction of sp³-hybridized carbons (Fsp3) is 0.529. The van der Waals surface area contributed by atoms with Crippen LogP contribution in [0, 0.1) is 5.92 Å². The Labute approximate surface area is 122 Å². The second-order valence-corrected chi connectivity index (χ2v) is 5.29. The van der Waals surface area contributed by atoms with Gasteiger partial charge in [0, 0.05) is 7.11 Å². The van der Waals surface area contributed by atoms with Crippen molar-refractivity contribution in [3.8, 4) is 0 Å². The minimum Gasteiger partial charge on any atom is -0.393 e. The number of methoxy groups -OCH3 is 1. The molecule has 0 aliphatic heterocycles. The highest BCUT2D eigenvalue weighted by molar-refractivity contribution is 5.49. The number of aliphatic hydroxyl groups is 1. The maximum absolute atomic E-state index is 9.70. The molecule has 1 unspecified atom stereocenters. The van der Waals surface area contributed by atoms with E-state index < -0.39 is 0 Å². The molecule has 0 spiro atoms. The molecule has 3 nitrogen and oxygen atoms in total. The zero-order valence-corrected chi connectivity index (χ0v) is 12.7. The van der Waals surface area contributed by atoms with Gasteiger partial charge in [-0.05, 0) is 29.9 Å². The van der Waals surface area contributed by atoms with E-state index in [1.54, 1.807) is 7.11 Å². The van der Waals surface area contributed by atoms with Crippen molar-refractivity contribution in [1.82, 2.24) is 0 Å². The summed E-state index contributed by atoms with van der Waals surface area (Å²) in [6.45, 7) is 4.97. The molecule has 1 atom stereocenters. The zero-order chi connectivity index (χ0) is 14.8. The van der Waals surface area contributed by atoms with Crippen LogP contribution in [-0.2, 0) is 16.1 Å². The van der Waals surface area contributed by atoms with Gasteiger partial charge in [-0.1, -0.05) is 50.3 Å². The molecule has 0 radical (unpaired) electrons. The molecule has 1 rings (SSSR count). The third-order valence-corrected chi connectivity index (χ3v) is 3.16. The van der Waals surface area contributed by atoms with Gasteiger partial charge >= 0.3 is 0 Å². The lowest BCUT2D eigenvalue weighted by Gasteiger charge is -2.12. The summed E-state index contributed by atoms with van der Waals surface area (Å²) in [5, 5.41) is 9.70. The predicted octanol–water partition coefficient (Wildman–Crippen LogP) is 3.62. The number of allylic oxidation sites excluding steroid dienone is 1.